The molecular weight excluding hydrogens is 436 g/mol. The van der Waals surface area contributed by atoms with Gasteiger partial charge in [0.15, 0.2) is 0 Å². The first-order valence-corrected chi connectivity index (χ1v) is 13.0. The Morgan fingerprint density at radius 2 is 0.882 bits per heavy atom. The second-order valence-corrected chi connectivity index (χ2v) is 11.0. The van der Waals surface area contributed by atoms with E-state index in [0.29, 0.717) is 63.2 Å². The van der Waals surface area contributed by atoms with E-state index in [9.17, 15) is 19.2 Å². The van der Waals surface area contributed by atoms with Crippen molar-refractivity contribution in [3.63, 3.8) is 0 Å². The number of hydrogen-bond acceptors (Lipinski definition) is 6. The number of methoxy groups -OCH3 is 2. The normalized spacial score (nSPS) is 36.1. The molecule has 3 rings (SSSR count). The fourth-order valence-electron chi connectivity index (χ4n) is 5.95. The van der Waals surface area contributed by atoms with Crippen molar-refractivity contribution in [2.24, 2.45) is 23.7 Å². The number of nitrogens with one attached hydrogen (secondary N) is 2. The van der Waals surface area contributed by atoms with Crippen molar-refractivity contribution >= 4 is 23.8 Å². The Morgan fingerprint density at radius 3 is 1.15 bits per heavy atom. The summed E-state index contributed by atoms with van der Waals surface area (Å²) in [5.74, 6) is -0.359. The number of carbonyl (C=O) groups excluding carboxylic acids is 4. The third kappa shape index (κ3) is 5.74. The van der Waals surface area contributed by atoms with Crippen LogP contribution in [-0.2, 0) is 28.7 Å². The van der Waals surface area contributed by atoms with Gasteiger partial charge < -0.3 is 20.1 Å². The highest BCUT2D eigenvalue weighted by Gasteiger charge is 2.46. The number of esters is 2. The van der Waals surface area contributed by atoms with Gasteiger partial charge in [0.2, 0.25) is 11.8 Å². The maximum atomic E-state index is 13.1. The predicted molar refractivity (Wildman–Crippen MR) is 126 cm³/mol. The van der Waals surface area contributed by atoms with Crippen LogP contribution in [0.1, 0.15) is 90.9 Å². The van der Waals surface area contributed by atoms with Crippen LogP contribution in [0.5, 0.6) is 0 Å². The standard InChI is InChI=1S/C26H42N2O6/c1-17-9-13-25(14-10-17,23(31)33-3)27-21(29)19-5-7-20(8-6-19)22(30)28-26(24(32)34-4)15-11-18(2)12-16-26/h17-20H,5-16H2,1-4H3,(H,27,29)(H,28,30). The zero-order valence-electron chi connectivity index (χ0n) is 21.2. The fraction of sp³-hybridized carbons (Fsp3) is 0.846. The Labute approximate surface area is 203 Å². The average molecular weight is 479 g/mol. The summed E-state index contributed by atoms with van der Waals surface area (Å²) in [4.78, 5) is 51.3. The van der Waals surface area contributed by atoms with Gasteiger partial charge in [-0.25, -0.2) is 9.59 Å². The van der Waals surface area contributed by atoms with Gasteiger partial charge in [0.1, 0.15) is 11.1 Å². The summed E-state index contributed by atoms with van der Waals surface area (Å²) in [5, 5.41) is 6.08. The Hall–Kier alpha value is -2.12. The summed E-state index contributed by atoms with van der Waals surface area (Å²) in [6, 6.07) is 0. The molecular formula is C26H42N2O6. The molecule has 2 amide bonds. The smallest absolute Gasteiger partial charge is 0.331 e. The van der Waals surface area contributed by atoms with Crippen LogP contribution in [0.3, 0.4) is 0 Å². The first kappa shape index (κ1) is 26.5. The van der Waals surface area contributed by atoms with E-state index in [1.54, 1.807) is 0 Å². The molecule has 192 valence electrons. The van der Waals surface area contributed by atoms with Crippen LogP contribution in [0.4, 0.5) is 0 Å². The van der Waals surface area contributed by atoms with Gasteiger partial charge in [0.25, 0.3) is 0 Å². The lowest BCUT2D eigenvalue weighted by Crippen LogP contribution is -2.59. The van der Waals surface area contributed by atoms with Crippen LogP contribution < -0.4 is 10.6 Å². The molecule has 0 aromatic heterocycles. The van der Waals surface area contributed by atoms with E-state index in [1.807, 2.05) is 0 Å². The van der Waals surface area contributed by atoms with Gasteiger partial charge in [-0.15, -0.1) is 0 Å². The summed E-state index contributed by atoms with van der Waals surface area (Å²) in [7, 11) is 2.73. The van der Waals surface area contributed by atoms with Crippen molar-refractivity contribution in [2.75, 3.05) is 14.2 Å². The highest BCUT2D eigenvalue weighted by atomic mass is 16.5. The number of hydrogen-bond donors (Lipinski definition) is 2. The molecule has 2 N–H and O–H groups in total. The molecule has 0 radical (unpaired) electrons. The zero-order chi connectivity index (χ0) is 24.9. The Bertz CT molecular complexity index is 693. The summed E-state index contributed by atoms with van der Waals surface area (Å²) < 4.78 is 10.1. The van der Waals surface area contributed by atoms with Crippen LogP contribution >= 0.6 is 0 Å². The monoisotopic (exact) mass is 478 g/mol. The van der Waals surface area contributed by atoms with Gasteiger partial charge in [0.05, 0.1) is 14.2 Å². The topological polar surface area (TPSA) is 111 Å². The number of amides is 2. The van der Waals surface area contributed by atoms with Crippen molar-refractivity contribution < 1.29 is 28.7 Å². The summed E-state index contributed by atoms with van der Waals surface area (Å²) in [6.45, 7) is 4.32. The zero-order valence-corrected chi connectivity index (χ0v) is 21.2. The van der Waals surface area contributed by atoms with E-state index < -0.39 is 11.1 Å². The van der Waals surface area contributed by atoms with E-state index in [1.165, 1.54) is 14.2 Å². The number of rotatable bonds is 6. The van der Waals surface area contributed by atoms with E-state index in [0.717, 1.165) is 25.7 Å². The lowest BCUT2D eigenvalue weighted by Gasteiger charge is -2.40. The van der Waals surface area contributed by atoms with E-state index in [2.05, 4.69) is 24.5 Å². The molecule has 3 saturated carbocycles. The number of ether oxygens (including phenoxy) is 2. The first-order chi connectivity index (χ1) is 16.1. The molecule has 0 atom stereocenters. The summed E-state index contributed by atoms with van der Waals surface area (Å²) in [5.41, 5.74) is -1.87. The van der Waals surface area contributed by atoms with Gasteiger partial charge in [-0.1, -0.05) is 13.8 Å². The van der Waals surface area contributed by atoms with Crippen molar-refractivity contribution in [2.45, 2.75) is 102 Å². The van der Waals surface area contributed by atoms with Crippen molar-refractivity contribution in [3.8, 4) is 0 Å². The molecule has 3 aliphatic rings. The third-order valence-corrected chi connectivity index (χ3v) is 8.60. The van der Waals surface area contributed by atoms with E-state index in [4.69, 9.17) is 9.47 Å². The molecule has 0 heterocycles. The van der Waals surface area contributed by atoms with Gasteiger partial charge >= 0.3 is 11.9 Å². The minimum absolute atomic E-state index is 0.119. The Kier molecular flexibility index (Phi) is 8.63. The van der Waals surface area contributed by atoms with Crippen molar-refractivity contribution in [3.05, 3.63) is 0 Å². The highest BCUT2D eigenvalue weighted by Crippen LogP contribution is 2.37. The average Bonchev–Trinajstić information content (AvgIpc) is 2.86. The minimum Gasteiger partial charge on any atom is -0.467 e. The Morgan fingerprint density at radius 1 is 0.588 bits per heavy atom. The van der Waals surface area contributed by atoms with Gasteiger partial charge in [-0.3, -0.25) is 9.59 Å². The van der Waals surface area contributed by atoms with Crippen LogP contribution in [0, 0.1) is 23.7 Å². The van der Waals surface area contributed by atoms with Crippen LogP contribution in [0.25, 0.3) is 0 Å². The molecule has 8 heteroatoms. The first-order valence-electron chi connectivity index (χ1n) is 13.0. The molecule has 0 bridgehead atoms. The molecule has 3 aliphatic carbocycles. The maximum Gasteiger partial charge on any atom is 0.331 e. The molecule has 3 fully saturated rings. The van der Waals surface area contributed by atoms with Crippen LogP contribution in [0.2, 0.25) is 0 Å². The van der Waals surface area contributed by atoms with Gasteiger partial charge in [0, 0.05) is 11.8 Å². The SMILES string of the molecule is COC(=O)C1(NC(=O)C2CCC(C(=O)NC3(C(=O)OC)CCC(C)CC3)CC2)CCC(C)CC1. The van der Waals surface area contributed by atoms with Crippen LogP contribution in [-0.4, -0.2) is 49.1 Å². The second kappa shape index (κ2) is 11.1. The largest absolute Gasteiger partial charge is 0.467 e. The van der Waals surface area contributed by atoms with Crippen molar-refractivity contribution in [1.29, 1.82) is 0 Å². The molecule has 8 nitrogen and oxygen atoms in total. The van der Waals surface area contributed by atoms with E-state index in [-0.39, 0.29) is 35.6 Å². The Balaban J connectivity index is 1.56. The molecule has 0 aromatic rings. The lowest BCUT2D eigenvalue weighted by molar-refractivity contribution is -0.154. The minimum atomic E-state index is -0.933. The molecule has 0 unspecified atom stereocenters. The van der Waals surface area contributed by atoms with Gasteiger partial charge in [-0.2, -0.15) is 0 Å². The summed E-state index contributed by atoms with van der Waals surface area (Å²) >= 11 is 0. The molecule has 0 saturated heterocycles. The molecule has 0 aliphatic heterocycles. The predicted octanol–water partition coefficient (Wildman–Crippen LogP) is 3.27. The quantitative estimate of drug-likeness (QED) is 0.567. The lowest BCUT2D eigenvalue weighted by atomic mass is 9.75. The fourth-order valence-corrected chi connectivity index (χ4v) is 5.95. The number of carbonyl (C=O) groups is 4. The molecule has 0 aromatic carbocycles. The maximum absolute atomic E-state index is 13.1. The molecule has 34 heavy (non-hydrogen) atoms. The second-order valence-electron chi connectivity index (χ2n) is 11.0. The van der Waals surface area contributed by atoms with E-state index >= 15 is 0 Å². The third-order valence-electron chi connectivity index (χ3n) is 8.60. The van der Waals surface area contributed by atoms with Crippen LogP contribution in [0.15, 0.2) is 0 Å². The highest BCUT2D eigenvalue weighted by molar-refractivity contribution is 5.90. The summed E-state index contributed by atoms with van der Waals surface area (Å²) in [6.07, 6.45) is 8.23. The van der Waals surface area contributed by atoms with Crippen molar-refractivity contribution in [1.82, 2.24) is 10.6 Å². The molecule has 0 spiro atoms. The van der Waals surface area contributed by atoms with Gasteiger partial charge in [-0.05, 0) is 88.9 Å².